The van der Waals surface area contributed by atoms with Gasteiger partial charge in [-0.05, 0) is 39.0 Å². The first-order chi connectivity index (χ1) is 19.0. The Balaban J connectivity index is 1.58. The van der Waals surface area contributed by atoms with E-state index in [1.807, 2.05) is 0 Å². The number of ether oxygens (including phenoxy) is 2. The zero-order valence-electron chi connectivity index (χ0n) is 22.4. The fourth-order valence-electron chi connectivity index (χ4n) is 4.12. The number of hydrogen-bond acceptors (Lipinski definition) is 11. The van der Waals surface area contributed by atoms with Crippen LogP contribution in [-0.2, 0) is 23.4 Å². The number of aliphatic hydroxyl groups is 1. The molecular weight excluding hydrogens is 546 g/mol. The lowest BCUT2D eigenvalue weighted by atomic mass is 9.96. The molecule has 6 atom stereocenters. The number of anilines is 1. The van der Waals surface area contributed by atoms with Gasteiger partial charge in [-0.1, -0.05) is 24.8 Å². The molecule has 1 aliphatic rings. The Labute approximate surface area is 230 Å². The number of para-hydroxylation sites is 1. The molecule has 13 nitrogen and oxygen atoms in total. The molecule has 40 heavy (non-hydrogen) atoms. The van der Waals surface area contributed by atoms with Crippen molar-refractivity contribution in [2.24, 2.45) is 0 Å². The van der Waals surface area contributed by atoms with Crippen LogP contribution in [0.15, 0.2) is 55.6 Å². The van der Waals surface area contributed by atoms with E-state index in [9.17, 15) is 14.5 Å². The van der Waals surface area contributed by atoms with Crippen LogP contribution in [0.4, 0.5) is 10.2 Å². The maximum atomic E-state index is 16.2. The molecule has 1 fully saturated rings. The number of benzene rings is 1. The van der Waals surface area contributed by atoms with E-state index < -0.39 is 56.6 Å². The monoisotopic (exact) mass is 578 g/mol. The highest BCUT2D eigenvalue weighted by molar-refractivity contribution is 7.52. The molecular formula is C25H32FN6O7P. The van der Waals surface area contributed by atoms with Gasteiger partial charge in [0.2, 0.25) is 5.67 Å². The van der Waals surface area contributed by atoms with Gasteiger partial charge in [-0.2, -0.15) is 5.09 Å². The van der Waals surface area contributed by atoms with E-state index in [0.717, 1.165) is 6.08 Å². The highest BCUT2D eigenvalue weighted by Gasteiger charge is 2.57. The third-order valence-electron chi connectivity index (χ3n) is 6.08. The summed E-state index contributed by atoms with van der Waals surface area (Å²) in [7, 11) is -2.64. The predicted octanol–water partition coefficient (Wildman–Crippen LogP) is 3.15. The largest absolute Gasteiger partial charge is 0.462 e. The summed E-state index contributed by atoms with van der Waals surface area (Å²) < 4.78 is 53.6. The lowest BCUT2D eigenvalue weighted by Crippen LogP contribution is -2.42. The highest BCUT2D eigenvalue weighted by atomic mass is 31.2. The van der Waals surface area contributed by atoms with Crippen molar-refractivity contribution in [3.8, 4) is 5.75 Å². The number of rotatable bonds is 12. The normalized spacial score (nSPS) is 24.9. The second kappa shape index (κ2) is 12.0. The summed E-state index contributed by atoms with van der Waals surface area (Å²) in [5.41, 5.74) is -1.89. The van der Waals surface area contributed by atoms with Gasteiger partial charge in [-0.15, -0.1) is 0 Å². The van der Waals surface area contributed by atoms with Crippen molar-refractivity contribution in [3.63, 3.8) is 0 Å². The Kier molecular flexibility index (Phi) is 8.86. The SMILES string of the molecule is C=C[C@@]1(F)[C@H](O)[C@@H](COP(=O)(N[C@H](C)C(=O)OC(C)C)Oc2ccccc2)O[C@H]1n1cnc2c(NC)ncnc21. The van der Waals surface area contributed by atoms with Crippen molar-refractivity contribution in [3.05, 3.63) is 55.6 Å². The lowest BCUT2D eigenvalue weighted by molar-refractivity contribution is -0.149. The van der Waals surface area contributed by atoms with Crippen molar-refractivity contribution >= 4 is 30.7 Å². The molecule has 0 saturated carbocycles. The molecule has 0 aliphatic carbocycles. The Bertz CT molecular complexity index is 1390. The van der Waals surface area contributed by atoms with Crippen LogP contribution in [0.2, 0.25) is 0 Å². The Hall–Kier alpha value is -3.42. The minimum Gasteiger partial charge on any atom is -0.462 e. The second-order valence-corrected chi connectivity index (χ2v) is 11.0. The maximum Gasteiger partial charge on any atom is 0.459 e. The summed E-state index contributed by atoms with van der Waals surface area (Å²) in [5, 5.41) is 16.4. The minimum absolute atomic E-state index is 0.185. The number of aliphatic hydroxyl groups excluding tert-OH is 1. The van der Waals surface area contributed by atoms with Crippen molar-refractivity contribution in [1.29, 1.82) is 0 Å². The van der Waals surface area contributed by atoms with Crippen LogP contribution < -0.4 is 14.9 Å². The third-order valence-corrected chi connectivity index (χ3v) is 7.73. The van der Waals surface area contributed by atoms with E-state index in [-0.39, 0.29) is 11.4 Å². The number of halogens is 1. The van der Waals surface area contributed by atoms with E-state index in [4.69, 9.17) is 18.5 Å². The van der Waals surface area contributed by atoms with E-state index in [1.54, 1.807) is 51.2 Å². The van der Waals surface area contributed by atoms with Crippen molar-refractivity contribution < 1.29 is 37.4 Å². The van der Waals surface area contributed by atoms with Crippen LogP contribution in [0.25, 0.3) is 11.2 Å². The van der Waals surface area contributed by atoms with E-state index >= 15 is 4.39 Å². The number of carbonyl (C=O) groups is 1. The van der Waals surface area contributed by atoms with Gasteiger partial charge in [0, 0.05) is 7.05 Å². The summed E-state index contributed by atoms with van der Waals surface area (Å²) in [4.78, 5) is 24.9. The van der Waals surface area contributed by atoms with Gasteiger partial charge in [0.1, 0.15) is 35.8 Å². The van der Waals surface area contributed by atoms with Gasteiger partial charge >= 0.3 is 13.7 Å². The summed E-state index contributed by atoms with van der Waals surface area (Å²) in [6, 6.07) is 7.04. The van der Waals surface area contributed by atoms with Crippen LogP contribution >= 0.6 is 7.75 Å². The Morgan fingerprint density at radius 2 is 2.02 bits per heavy atom. The minimum atomic E-state index is -4.29. The van der Waals surface area contributed by atoms with Gasteiger partial charge < -0.3 is 24.4 Å². The number of fused-ring (bicyclic) bond motifs is 1. The lowest BCUT2D eigenvalue weighted by Gasteiger charge is -2.26. The number of alkyl halides is 1. The molecule has 0 radical (unpaired) electrons. The maximum absolute atomic E-state index is 16.2. The predicted molar refractivity (Wildman–Crippen MR) is 143 cm³/mol. The Morgan fingerprint density at radius 1 is 1.30 bits per heavy atom. The zero-order chi connectivity index (χ0) is 29.1. The highest BCUT2D eigenvalue weighted by Crippen LogP contribution is 2.48. The number of carbonyl (C=O) groups excluding carboxylic acids is 1. The molecule has 15 heteroatoms. The molecule has 3 heterocycles. The van der Waals surface area contributed by atoms with Crippen LogP contribution in [0.1, 0.15) is 27.0 Å². The number of imidazole rings is 1. The van der Waals surface area contributed by atoms with E-state index in [1.165, 1.54) is 24.1 Å². The van der Waals surface area contributed by atoms with Crippen molar-refractivity contribution in [1.82, 2.24) is 24.6 Å². The summed E-state index contributed by atoms with van der Waals surface area (Å²) >= 11 is 0. The summed E-state index contributed by atoms with van der Waals surface area (Å²) in [6.07, 6.45) is -1.45. The number of nitrogens with one attached hydrogen (secondary N) is 2. The molecule has 1 aromatic carbocycles. The van der Waals surface area contributed by atoms with Crippen LogP contribution in [-0.4, -0.2) is 74.3 Å². The first-order valence-electron chi connectivity index (χ1n) is 12.5. The second-order valence-electron chi connectivity index (χ2n) is 9.33. The fraction of sp³-hybridized carbons (Fsp3) is 0.440. The first kappa shape index (κ1) is 29.6. The molecule has 1 saturated heterocycles. The molecule has 2 aromatic heterocycles. The van der Waals surface area contributed by atoms with Crippen molar-refractivity contribution in [2.45, 2.75) is 57.0 Å². The standard InChI is InChI=1S/C25H32FN6O7P/c1-6-25(26)20(33)18(38-24(25)32-14-30-19-21(27-5)28-13-29-22(19)32)12-36-40(35,39-17-10-8-7-9-11-17)31-16(4)23(34)37-15(2)3/h6-11,13-16,18,20,24,33H,1,12H2,2-5H3,(H,31,35)(H,27,28,29)/t16-,18-,20-,24-,25-,40?/m1/s1. The molecule has 0 amide bonds. The number of esters is 1. The van der Waals surface area contributed by atoms with Gasteiger partial charge in [0.05, 0.1) is 19.0 Å². The van der Waals surface area contributed by atoms with E-state index in [2.05, 4.69) is 31.9 Å². The average molecular weight is 579 g/mol. The molecule has 3 aromatic rings. The first-order valence-corrected chi connectivity index (χ1v) is 14.0. The van der Waals surface area contributed by atoms with Gasteiger partial charge in [0.15, 0.2) is 17.7 Å². The molecule has 1 unspecified atom stereocenters. The number of hydrogen-bond donors (Lipinski definition) is 3. The zero-order valence-corrected chi connectivity index (χ0v) is 23.3. The van der Waals surface area contributed by atoms with Gasteiger partial charge in [-0.3, -0.25) is 13.9 Å². The van der Waals surface area contributed by atoms with Gasteiger partial charge in [0.25, 0.3) is 0 Å². The average Bonchev–Trinajstić information content (AvgIpc) is 3.46. The fourth-order valence-corrected chi connectivity index (χ4v) is 5.62. The molecule has 0 spiro atoms. The third kappa shape index (κ3) is 6.01. The molecule has 0 bridgehead atoms. The number of nitrogens with zero attached hydrogens (tertiary/aromatic N) is 4. The number of aromatic nitrogens is 4. The van der Waals surface area contributed by atoms with Crippen LogP contribution in [0.3, 0.4) is 0 Å². The topological polar surface area (TPSA) is 159 Å². The van der Waals surface area contributed by atoms with E-state index in [0.29, 0.717) is 11.3 Å². The Morgan fingerprint density at radius 3 is 2.67 bits per heavy atom. The molecule has 216 valence electrons. The smallest absolute Gasteiger partial charge is 0.459 e. The van der Waals surface area contributed by atoms with Gasteiger partial charge in [-0.25, -0.2) is 23.9 Å². The van der Waals surface area contributed by atoms with Crippen LogP contribution in [0, 0.1) is 0 Å². The molecule has 1 aliphatic heterocycles. The molecule has 3 N–H and O–H groups in total. The van der Waals surface area contributed by atoms with Crippen LogP contribution in [0.5, 0.6) is 5.75 Å². The van der Waals surface area contributed by atoms with Crippen molar-refractivity contribution in [2.75, 3.05) is 19.0 Å². The summed E-state index contributed by atoms with van der Waals surface area (Å²) in [6.45, 7) is 7.74. The molecule has 4 rings (SSSR count). The summed E-state index contributed by atoms with van der Waals surface area (Å²) in [5.74, 6) is -0.0816. The quantitative estimate of drug-likeness (QED) is 0.164.